The highest BCUT2D eigenvalue weighted by Gasteiger charge is 2.51. The smallest absolute Gasteiger partial charge is 0.217 e. The molecule has 0 saturated carbocycles. The lowest BCUT2D eigenvalue weighted by molar-refractivity contribution is -0.174. The summed E-state index contributed by atoms with van der Waals surface area (Å²) in [4.78, 5) is 24.5. The summed E-state index contributed by atoms with van der Waals surface area (Å²) in [6.45, 7) is 1.52. The van der Waals surface area contributed by atoms with Crippen molar-refractivity contribution in [3.05, 3.63) is 30.3 Å². The van der Waals surface area contributed by atoms with Crippen LogP contribution in [0.25, 0.3) is 0 Å². The van der Waals surface area contributed by atoms with Crippen molar-refractivity contribution < 1.29 is 44.6 Å². The number of hydrogen-bond donors (Lipinski definition) is 7. The Morgan fingerprint density at radius 2 is 1.37 bits per heavy atom. The van der Waals surface area contributed by atoms with E-state index in [0.29, 0.717) is 0 Å². The fourth-order valence-electron chi connectivity index (χ4n) is 4.10. The molecule has 2 heterocycles. The first-order valence-electron chi connectivity index (χ1n) is 11.1. The Labute approximate surface area is 211 Å². The van der Waals surface area contributed by atoms with Gasteiger partial charge in [-0.15, -0.1) is 11.8 Å². The van der Waals surface area contributed by atoms with Crippen LogP contribution in [0.2, 0.25) is 0 Å². The number of hydrogen-bond acceptors (Lipinski definition) is 11. The van der Waals surface area contributed by atoms with E-state index in [2.05, 4.69) is 10.6 Å². The second-order valence-corrected chi connectivity index (χ2v) is 10.9. The van der Waals surface area contributed by atoms with Crippen LogP contribution < -0.4 is 10.6 Å². The number of nitrogens with one attached hydrogen (secondary N) is 2. The summed E-state index contributed by atoms with van der Waals surface area (Å²) in [5.74, 6) is -0.862. The van der Waals surface area contributed by atoms with Crippen LogP contribution in [0.15, 0.2) is 35.2 Å². The quantitative estimate of drug-likeness (QED) is 0.205. The second-order valence-electron chi connectivity index (χ2n) is 8.41. The van der Waals surface area contributed by atoms with Gasteiger partial charge in [0.1, 0.15) is 29.2 Å². The number of carbonyl (C=O) groups excluding carboxylic acids is 2. The first-order valence-corrected chi connectivity index (χ1v) is 13.0. The van der Waals surface area contributed by atoms with Crippen LogP contribution in [0.4, 0.5) is 0 Å². The maximum absolute atomic E-state index is 11.9. The second kappa shape index (κ2) is 12.7. The molecule has 0 aromatic heterocycles. The molecule has 7 N–H and O–H groups in total. The van der Waals surface area contributed by atoms with E-state index in [1.807, 2.05) is 30.3 Å². The summed E-state index contributed by atoms with van der Waals surface area (Å²) >= 11 is 2.27. The first-order chi connectivity index (χ1) is 16.7. The molecule has 1 aromatic rings. The Morgan fingerprint density at radius 3 is 1.91 bits per heavy atom. The fraction of sp³-hybridized carbons (Fsp3) is 0.636. The first kappa shape index (κ1) is 28.2. The van der Waals surface area contributed by atoms with E-state index in [1.54, 1.807) is 0 Å². The molecule has 13 heteroatoms. The van der Waals surface area contributed by atoms with Crippen LogP contribution in [-0.2, 0) is 19.1 Å². The number of ether oxygens (including phenoxy) is 2. The SMILES string of the molecule is CC(=O)N[C@@H]1[C@@H](O)[C@H](S[C@@H]2O[C@H](CO)[C@@H](O)[C@H](O)[C@H]2NC(C)=O)[C@@H](CO)O[C@H]1Sc1ccccc1. The summed E-state index contributed by atoms with van der Waals surface area (Å²) in [6, 6.07) is 7.33. The monoisotopic (exact) mass is 532 g/mol. The van der Waals surface area contributed by atoms with Gasteiger partial charge in [0, 0.05) is 18.7 Å². The van der Waals surface area contributed by atoms with Crippen molar-refractivity contribution in [3.63, 3.8) is 0 Å². The maximum atomic E-state index is 11.9. The number of rotatable bonds is 8. The zero-order chi connectivity index (χ0) is 25.7. The van der Waals surface area contributed by atoms with E-state index in [9.17, 15) is 35.1 Å². The number of thioether (sulfide) groups is 2. The molecular weight excluding hydrogens is 500 g/mol. The number of aliphatic hydroxyl groups is 5. The fourth-order valence-corrected chi connectivity index (χ4v) is 6.83. The third kappa shape index (κ3) is 6.87. The Balaban J connectivity index is 1.86. The molecule has 2 amide bonds. The largest absolute Gasteiger partial charge is 0.394 e. The van der Waals surface area contributed by atoms with Gasteiger partial charge < -0.3 is 45.6 Å². The van der Waals surface area contributed by atoms with Crippen LogP contribution in [0.5, 0.6) is 0 Å². The number of aliphatic hydroxyl groups excluding tert-OH is 5. The van der Waals surface area contributed by atoms with Crippen LogP contribution in [0, 0.1) is 0 Å². The lowest BCUT2D eigenvalue weighted by Gasteiger charge is -2.48. The van der Waals surface area contributed by atoms with Crippen molar-refractivity contribution in [3.8, 4) is 0 Å². The van der Waals surface area contributed by atoms with E-state index in [0.717, 1.165) is 16.7 Å². The minimum Gasteiger partial charge on any atom is -0.394 e. The summed E-state index contributed by atoms with van der Waals surface area (Å²) in [6.07, 6.45) is -6.14. The van der Waals surface area contributed by atoms with Gasteiger partial charge in [0.25, 0.3) is 0 Å². The molecular formula is C22H32N2O9S2. The van der Waals surface area contributed by atoms with E-state index < -0.39 is 77.8 Å². The molecule has 2 fully saturated rings. The molecule has 0 unspecified atom stereocenters. The molecule has 2 aliphatic heterocycles. The Bertz CT molecular complexity index is 851. The molecule has 196 valence electrons. The van der Waals surface area contributed by atoms with E-state index in [1.165, 1.54) is 25.6 Å². The van der Waals surface area contributed by atoms with Crippen LogP contribution in [0.3, 0.4) is 0 Å². The van der Waals surface area contributed by atoms with Gasteiger partial charge in [-0.25, -0.2) is 0 Å². The highest BCUT2D eigenvalue weighted by atomic mass is 32.2. The number of amides is 2. The van der Waals surface area contributed by atoms with Crippen LogP contribution >= 0.6 is 23.5 Å². The van der Waals surface area contributed by atoms with Crippen molar-refractivity contribution in [2.75, 3.05) is 13.2 Å². The normalized spacial score (nSPS) is 37.5. The van der Waals surface area contributed by atoms with Gasteiger partial charge in [0.15, 0.2) is 0 Å². The van der Waals surface area contributed by atoms with E-state index in [4.69, 9.17) is 9.47 Å². The molecule has 1 aromatic carbocycles. The minimum atomic E-state index is -1.45. The Morgan fingerprint density at radius 1 is 0.829 bits per heavy atom. The molecule has 0 radical (unpaired) electrons. The van der Waals surface area contributed by atoms with Crippen molar-refractivity contribution in [2.45, 2.75) is 77.5 Å². The van der Waals surface area contributed by atoms with Crippen molar-refractivity contribution >= 4 is 35.3 Å². The van der Waals surface area contributed by atoms with E-state index in [-0.39, 0.29) is 5.91 Å². The standard InChI is InChI=1S/C22H32N2O9S2/c1-10(27)23-15-18(30)17(29)13(8-25)32-22(15)35-20-14(9-26)33-21(16(19(20)31)24-11(2)28)34-12-6-4-3-5-7-12/h3-7,13-22,25-26,29-31H,8-9H2,1-2H3,(H,23,27)(H,24,28)/t13-,14-,15-,16-,17-,18-,19-,20-,21+,22+/m1/s1. The van der Waals surface area contributed by atoms with Gasteiger partial charge in [-0.05, 0) is 12.1 Å². The summed E-state index contributed by atoms with van der Waals surface area (Å²) in [7, 11) is 0. The van der Waals surface area contributed by atoms with Gasteiger partial charge in [0.05, 0.1) is 42.8 Å². The van der Waals surface area contributed by atoms with Crippen LogP contribution in [-0.4, -0.2) is 109 Å². The van der Waals surface area contributed by atoms with Gasteiger partial charge in [-0.2, -0.15) is 0 Å². The Kier molecular flexibility index (Phi) is 10.2. The van der Waals surface area contributed by atoms with Crippen molar-refractivity contribution in [1.29, 1.82) is 0 Å². The number of benzene rings is 1. The van der Waals surface area contributed by atoms with Crippen LogP contribution in [0.1, 0.15) is 13.8 Å². The predicted molar refractivity (Wildman–Crippen MR) is 128 cm³/mol. The van der Waals surface area contributed by atoms with Gasteiger partial charge >= 0.3 is 0 Å². The molecule has 0 spiro atoms. The topological polar surface area (TPSA) is 178 Å². The van der Waals surface area contributed by atoms with Crippen molar-refractivity contribution in [1.82, 2.24) is 10.6 Å². The van der Waals surface area contributed by atoms with Crippen molar-refractivity contribution in [2.24, 2.45) is 0 Å². The molecule has 11 nitrogen and oxygen atoms in total. The Hall–Kier alpha value is -1.42. The lowest BCUT2D eigenvalue weighted by Crippen LogP contribution is -2.66. The molecule has 2 aliphatic rings. The number of carbonyl (C=O) groups is 2. The molecule has 2 saturated heterocycles. The lowest BCUT2D eigenvalue weighted by atomic mass is 9.98. The molecule has 35 heavy (non-hydrogen) atoms. The highest BCUT2D eigenvalue weighted by Crippen LogP contribution is 2.41. The maximum Gasteiger partial charge on any atom is 0.217 e. The molecule has 0 aliphatic carbocycles. The minimum absolute atomic E-state index is 0.383. The van der Waals surface area contributed by atoms with Gasteiger partial charge in [-0.1, -0.05) is 30.0 Å². The molecule has 0 bridgehead atoms. The zero-order valence-corrected chi connectivity index (χ0v) is 20.9. The molecule has 10 atom stereocenters. The summed E-state index contributed by atoms with van der Waals surface area (Å²) in [5.41, 5.74) is -1.73. The average Bonchev–Trinajstić information content (AvgIpc) is 2.82. The zero-order valence-electron chi connectivity index (χ0n) is 19.3. The van der Waals surface area contributed by atoms with E-state index >= 15 is 0 Å². The summed E-state index contributed by atoms with van der Waals surface area (Å²) in [5, 5.41) is 56.2. The summed E-state index contributed by atoms with van der Waals surface area (Å²) < 4.78 is 11.9. The van der Waals surface area contributed by atoms with Gasteiger partial charge in [0.2, 0.25) is 11.8 Å². The molecule has 3 rings (SSSR count). The third-order valence-corrected chi connectivity index (χ3v) is 8.51. The third-order valence-electron chi connectivity index (χ3n) is 5.76. The predicted octanol–water partition coefficient (Wildman–Crippen LogP) is -1.59. The van der Waals surface area contributed by atoms with Gasteiger partial charge in [-0.3, -0.25) is 9.59 Å². The highest BCUT2D eigenvalue weighted by molar-refractivity contribution is 8.00. The average molecular weight is 533 g/mol.